The summed E-state index contributed by atoms with van der Waals surface area (Å²) in [5.41, 5.74) is 0.689. The van der Waals surface area contributed by atoms with Crippen LogP contribution in [0, 0.1) is 17.1 Å². The van der Waals surface area contributed by atoms with E-state index in [1.165, 1.54) is 12.1 Å². The average Bonchev–Trinajstić information content (AvgIpc) is 2.29. The SMILES string of the molecule is COCCS(=O)Cc1ccc(F)c(C#N)c1. The zero-order valence-corrected chi connectivity index (χ0v) is 9.72. The first kappa shape index (κ1) is 12.8. The summed E-state index contributed by atoms with van der Waals surface area (Å²) in [6.07, 6.45) is 0. The minimum atomic E-state index is -1.04. The Balaban J connectivity index is 2.68. The van der Waals surface area contributed by atoms with Crippen LogP contribution in [0.25, 0.3) is 0 Å². The molecule has 0 amide bonds. The molecule has 1 aromatic rings. The van der Waals surface area contributed by atoms with E-state index in [0.717, 1.165) is 0 Å². The molecule has 1 atom stereocenters. The quantitative estimate of drug-likeness (QED) is 0.786. The van der Waals surface area contributed by atoms with E-state index in [1.54, 1.807) is 19.2 Å². The van der Waals surface area contributed by atoms with Crippen LogP contribution in [0.2, 0.25) is 0 Å². The van der Waals surface area contributed by atoms with Gasteiger partial charge >= 0.3 is 0 Å². The Morgan fingerprint density at radius 1 is 1.56 bits per heavy atom. The number of halogens is 1. The number of hydrogen-bond donors (Lipinski definition) is 0. The van der Waals surface area contributed by atoms with Gasteiger partial charge in [0.25, 0.3) is 0 Å². The van der Waals surface area contributed by atoms with Crippen molar-refractivity contribution in [1.82, 2.24) is 0 Å². The third-order valence-corrected chi connectivity index (χ3v) is 3.27. The summed E-state index contributed by atoms with van der Waals surface area (Å²) in [4.78, 5) is 0. The molecule has 0 bridgehead atoms. The number of rotatable bonds is 5. The van der Waals surface area contributed by atoms with Gasteiger partial charge in [0.05, 0.1) is 12.2 Å². The highest BCUT2D eigenvalue weighted by Gasteiger charge is 2.06. The van der Waals surface area contributed by atoms with E-state index in [-0.39, 0.29) is 5.56 Å². The highest BCUT2D eigenvalue weighted by atomic mass is 32.2. The number of methoxy groups -OCH3 is 1. The van der Waals surface area contributed by atoms with Crippen LogP contribution in [0.5, 0.6) is 0 Å². The van der Waals surface area contributed by atoms with Crippen molar-refractivity contribution in [2.24, 2.45) is 0 Å². The Morgan fingerprint density at radius 3 is 2.94 bits per heavy atom. The van der Waals surface area contributed by atoms with Gasteiger partial charge in [0, 0.05) is 29.4 Å². The number of nitriles is 1. The number of ether oxygens (including phenoxy) is 1. The summed E-state index contributed by atoms with van der Waals surface area (Å²) in [7, 11) is 0.500. The van der Waals surface area contributed by atoms with Crippen LogP contribution in [-0.4, -0.2) is 23.7 Å². The molecule has 0 fully saturated rings. The van der Waals surface area contributed by atoms with Gasteiger partial charge in [-0.15, -0.1) is 0 Å². The lowest BCUT2D eigenvalue weighted by Crippen LogP contribution is -2.06. The van der Waals surface area contributed by atoms with Crippen molar-refractivity contribution in [3.05, 3.63) is 35.1 Å². The van der Waals surface area contributed by atoms with Gasteiger partial charge in [-0.2, -0.15) is 5.26 Å². The van der Waals surface area contributed by atoms with Crippen LogP contribution >= 0.6 is 0 Å². The summed E-state index contributed by atoms with van der Waals surface area (Å²) in [5, 5.41) is 8.63. The Labute approximate surface area is 96.3 Å². The van der Waals surface area contributed by atoms with Crippen LogP contribution < -0.4 is 0 Å². The topological polar surface area (TPSA) is 50.1 Å². The van der Waals surface area contributed by atoms with Gasteiger partial charge in [-0.05, 0) is 17.7 Å². The van der Waals surface area contributed by atoms with Gasteiger partial charge in [-0.3, -0.25) is 4.21 Å². The molecule has 1 aromatic carbocycles. The summed E-state index contributed by atoms with van der Waals surface area (Å²) >= 11 is 0. The van der Waals surface area contributed by atoms with E-state index in [1.807, 2.05) is 0 Å². The van der Waals surface area contributed by atoms with Crippen LogP contribution in [0.4, 0.5) is 4.39 Å². The molecule has 0 aliphatic rings. The van der Waals surface area contributed by atoms with Crippen LogP contribution in [0.15, 0.2) is 18.2 Å². The first-order chi connectivity index (χ1) is 7.67. The Hall–Kier alpha value is -1.25. The number of hydrogen-bond acceptors (Lipinski definition) is 3. The fourth-order valence-electron chi connectivity index (χ4n) is 1.18. The van der Waals surface area contributed by atoms with Gasteiger partial charge in [0.15, 0.2) is 0 Å². The smallest absolute Gasteiger partial charge is 0.140 e. The van der Waals surface area contributed by atoms with Crippen molar-refractivity contribution in [3.8, 4) is 6.07 Å². The maximum absolute atomic E-state index is 13.0. The molecule has 16 heavy (non-hydrogen) atoms. The molecule has 0 N–H and O–H groups in total. The van der Waals surface area contributed by atoms with Crippen molar-refractivity contribution >= 4 is 10.8 Å². The molecule has 86 valence electrons. The average molecular weight is 241 g/mol. The highest BCUT2D eigenvalue weighted by molar-refractivity contribution is 7.84. The van der Waals surface area contributed by atoms with E-state index < -0.39 is 16.6 Å². The minimum Gasteiger partial charge on any atom is -0.384 e. The molecule has 0 radical (unpaired) electrons. The molecule has 3 nitrogen and oxygen atoms in total. The minimum absolute atomic E-state index is 0.0127. The summed E-state index contributed by atoms with van der Waals surface area (Å²) in [6.45, 7) is 0.429. The normalized spacial score (nSPS) is 12.1. The van der Waals surface area contributed by atoms with Crippen molar-refractivity contribution < 1.29 is 13.3 Å². The van der Waals surface area contributed by atoms with Crippen LogP contribution in [0.1, 0.15) is 11.1 Å². The second-order valence-electron chi connectivity index (χ2n) is 3.21. The fraction of sp³-hybridized carbons (Fsp3) is 0.364. The first-order valence-electron chi connectivity index (χ1n) is 4.70. The molecule has 0 saturated carbocycles. The van der Waals surface area contributed by atoms with Crippen molar-refractivity contribution in [3.63, 3.8) is 0 Å². The van der Waals surface area contributed by atoms with Crippen LogP contribution in [0.3, 0.4) is 0 Å². The van der Waals surface area contributed by atoms with Gasteiger partial charge < -0.3 is 4.74 Å². The van der Waals surface area contributed by atoms with Crippen molar-refractivity contribution in [1.29, 1.82) is 5.26 Å². The maximum atomic E-state index is 13.0. The summed E-state index contributed by atoms with van der Waals surface area (Å²) in [6, 6.07) is 5.95. The van der Waals surface area contributed by atoms with Gasteiger partial charge in [-0.25, -0.2) is 4.39 Å². The summed E-state index contributed by atoms with van der Waals surface area (Å²) < 4.78 is 29.3. The molecule has 0 aliphatic carbocycles. The maximum Gasteiger partial charge on any atom is 0.140 e. The molecule has 0 spiro atoms. The third kappa shape index (κ3) is 3.72. The first-order valence-corrected chi connectivity index (χ1v) is 6.18. The van der Waals surface area contributed by atoms with E-state index in [2.05, 4.69) is 0 Å². The summed E-state index contributed by atoms with van der Waals surface area (Å²) in [5.74, 6) is 0.211. The fourth-order valence-corrected chi connectivity index (χ4v) is 2.23. The van der Waals surface area contributed by atoms with Crippen molar-refractivity contribution in [2.75, 3.05) is 19.5 Å². The zero-order chi connectivity index (χ0) is 12.0. The molecular formula is C11H12FNO2S. The second-order valence-corrected chi connectivity index (χ2v) is 4.78. The molecule has 0 aromatic heterocycles. The molecule has 1 rings (SSSR count). The Morgan fingerprint density at radius 2 is 2.31 bits per heavy atom. The standard InChI is InChI=1S/C11H12FNO2S/c1-15-4-5-16(14)8-9-2-3-11(12)10(6-9)7-13/h2-3,6H,4-5,8H2,1H3. The monoisotopic (exact) mass is 241 g/mol. The molecule has 0 heterocycles. The molecular weight excluding hydrogens is 229 g/mol. The highest BCUT2D eigenvalue weighted by Crippen LogP contribution is 2.11. The van der Waals surface area contributed by atoms with Crippen LogP contribution in [-0.2, 0) is 21.3 Å². The zero-order valence-electron chi connectivity index (χ0n) is 8.90. The number of nitrogens with zero attached hydrogens (tertiary/aromatic N) is 1. The second kappa shape index (κ2) is 6.36. The van der Waals surface area contributed by atoms with E-state index in [9.17, 15) is 8.60 Å². The van der Waals surface area contributed by atoms with E-state index in [4.69, 9.17) is 10.00 Å². The molecule has 1 unspecified atom stereocenters. The van der Waals surface area contributed by atoms with Gasteiger partial charge in [0.2, 0.25) is 0 Å². The van der Waals surface area contributed by atoms with Crippen molar-refractivity contribution in [2.45, 2.75) is 5.75 Å². The largest absolute Gasteiger partial charge is 0.384 e. The van der Waals surface area contributed by atoms with Gasteiger partial charge in [0.1, 0.15) is 11.9 Å². The Kier molecular flexibility index (Phi) is 5.09. The number of benzene rings is 1. The predicted octanol–water partition coefficient (Wildman–Crippen LogP) is 1.59. The van der Waals surface area contributed by atoms with Gasteiger partial charge in [-0.1, -0.05) is 6.07 Å². The predicted molar refractivity (Wildman–Crippen MR) is 59.7 cm³/mol. The van der Waals surface area contributed by atoms with E-state index >= 15 is 0 Å². The lowest BCUT2D eigenvalue weighted by atomic mass is 10.1. The molecule has 0 aliphatic heterocycles. The Bertz CT molecular complexity index is 428. The molecule has 0 saturated heterocycles. The molecule has 5 heteroatoms. The lowest BCUT2D eigenvalue weighted by Gasteiger charge is -2.03. The van der Waals surface area contributed by atoms with E-state index in [0.29, 0.717) is 23.7 Å². The third-order valence-electron chi connectivity index (χ3n) is 1.99. The lowest BCUT2D eigenvalue weighted by molar-refractivity contribution is 0.218.